The van der Waals surface area contributed by atoms with Crippen molar-refractivity contribution < 1.29 is 14.3 Å². The highest BCUT2D eigenvalue weighted by Crippen LogP contribution is 2.08. The summed E-state index contributed by atoms with van der Waals surface area (Å²) in [5, 5.41) is 2.82. The smallest absolute Gasteiger partial charge is 0.237 e. The molecule has 0 bridgehead atoms. The van der Waals surface area contributed by atoms with E-state index in [-0.39, 0.29) is 18.3 Å². The third-order valence-corrected chi connectivity index (χ3v) is 4.35. The standard InChI is InChI=1S/C22H28N2O3/c1-2-27-16-21(25)20(14-13-17-9-5-3-6-10-17)24-22(26)19(23)15-18-11-7-4-8-12-18/h3-12,19-20H,2,13-16,23H2,1H3,(H,24,26)/t19-,20-/m0/s1. The Hall–Kier alpha value is -2.50. The van der Waals surface area contributed by atoms with Gasteiger partial charge in [0.15, 0.2) is 5.78 Å². The van der Waals surface area contributed by atoms with Gasteiger partial charge in [0.2, 0.25) is 5.91 Å². The van der Waals surface area contributed by atoms with E-state index in [1.54, 1.807) is 0 Å². The van der Waals surface area contributed by atoms with E-state index < -0.39 is 12.1 Å². The van der Waals surface area contributed by atoms with Crippen LogP contribution in [0.1, 0.15) is 24.5 Å². The molecule has 0 aliphatic heterocycles. The lowest BCUT2D eigenvalue weighted by molar-refractivity contribution is -0.131. The van der Waals surface area contributed by atoms with Crippen LogP contribution >= 0.6 is 0 Å². The molecule has 0 saturated heterocycles. The van der Waals surface area contributed by atoms with E-state index in [4.69, 9.17) is 10.5 Å². The molecule has 2 atom stereocenters. The molecule has 2 rings (SSSR count). The zero-order chi connectivity index (χ0) is 19.5. The van der Waals surface area contributed by atoms with Crippen LogP contribution in [0.15, 0.2) is 60.7 Å². The highest BCUT2D eigenvalue weighted by molar-refractivity contribution is 5.91. The van der Waals surface area contributed by atoms with E-state index in [9.17, 15) is 9.59 Å². The van der Waals surface area contributed by atoms with Gasteiger partial charge < -0.3 is 15.8 Å². The molecular formula is C22H28N2O3. The molecule has 5 heteroatoms. The molecule has 0 aromatic heterocycles. The van der Waals surface area contributed by atoms with Gasteiger partial charge >= 0.3 is 0 Å². The Morgan fingerprint density at radius 2 is 1.59 bits per heavy atom. The minimum atomic E-state index is -0.702. The number of rotatable bonds is 11. The van der Waals surface area contributed by atoms with Gasteiger partial charge in [-0.1, -0.05) is 60.7 Å². The summed E-state index contributed by atoms with van der Waals surface area (Å²) in [5.41, 5.74) is 8.16. The van der Waals surface area contributed by atoms with Crippen molar-refractivity contribution in [3.05, 3.63) is 71.8 Å². The van der Waals surface area contributed by atoms with Crippen molar-refractivity contribution in [2.24, 2.45) is 5.73 Å². The minimum Gasteiger partial charge on any atom is -0.374 e. The van der Waals surface area contributed by atoms with Gasteiger partial charge in [-0.2, -0.15) is 0 Å². The number of hydrogen-bond acceptors (Lipinski definition) is 4. The van der Waals surface area contributed by atoms with E-state index in [1.807, 2.05) is 67.6 Å². The van der Waals surface area contributed by atoms with E-state index in [0.717, 1.165) is 11.1 Å². The number of aryl methyl sites for hydroxylation is 1. The summed E-state index contributed by atoms with van der Waals surface area (Å²) in [6.07, 6.45) is 1.63. The van der Waals surface area contributed by atoms with Crippen LogP contribution in [0.4, 0.5) is 0 Å². The number of nitrogens with one attached hydrogen (secondary N) is 1. The first-order valence-electron chi connectivity index (χ1n) is 9.34. The number of carbonyl (C=O) groups is 2. The lowest BCUT2D eigenvalue weighted by Crippen LogP contribution is -2.50. The zero-order valence-electron chi connectivity index (χ0n) is 15.8. The fraction of sp³-hybridized carbons (Fsp3) is 0.364. The molecule has 1 amide bonds. The monoisotopic (exact) mass is 368 g/mol. The third-order valence-electron chi connectivity index (χ3n) is 4.35. The van der Waals surface area contributed by atoms with Crippen molar-refractivity contribution in [3.8, 4) is 0 Å². The summed E-state index contributed by atoms with van der Waals surface area (Å²) >= 11 is 0. The third kappa shape index (κ3) is 7.33. The molecule has 0 saturated carbocycles. The first-order valence-corrected chi connectivity index (χ1v) is 9.34. The molecule has 0 radical (unpaired) electrons. The topological polar surface area (TPSA) is 81.4 Å². The highest BCUT2D eigenvalue weighted by atomic mass is 16.5. The van der Waals surface area contributed by atoms with Crippen LogP contribution in [-0.4, -0.2) is 37.0 Å². The van der Waals surface area contributed by atoms with E-state index >= 15 is 0 Å². The Bertz CT molecular complexity index is 704. The summed E-state index contributed by atoms with van der Waals surface area (Å²) in [6, 6.07) is 18.2. The second kappa shape index (κ2) is 11.3. The number of amides is 1. The number of nitrogens with two attached hydrogens (primary N) is 1. The summed E-state index contributed by atoms with van der Waals surface area (Å²) in [5.74, 6) is -0.449. The average Bonchev–Trinajstić information content (AvgIpc) is 2.70. The number of carbonyl (C=O) groups excluding carboxylic acids is 2. The lowest BCUT2D eigenvalue weighted by atomic mass is 10.0. The Kier molecular flexibility index (Phi) is 8.68. The Balaban J connectivity index is 1.96. The number of Topliss-reactive ketones (excluding diaryl/α,β-unsaturated/α-hetero) is 1. The molecule has 0 aliphatic rings. The first kappa shape index (κ1) is 20.8. The van der Waals surface area contributed by atoms with Gasteiger partial charge in [-0.15, -0.1) is 0 Å². The van der Waals surface area contributed by atoms with Crippen molar-refractivity contribution in [1.29, 1.82) is 0 Å². The molecule has 0 heterocycles. The number of benzene rings is 2. The van der Waals surface area contributed by atoms with Gasteiger partial charge in [-0.05, 0) is 37.3 Å². The maximum atomic E-state index is 12.5. The fourth-order valence-electron chi connectivity index (χ4n) is 2.81. The molecule has 0 unspecified atom stereocenters. The van der Waals surface area contributed by atoms with E-state index in [2.05, 4.69) is 5.32 Å². The van der Waals surface area contributed by atoms with Crippen LogP contribution in [0.3, 0.4) is 0 Å². The molecule has 2 aromatic carbocycles. The number of ketones is 1. The maximum absolute atomic E-state index is 12.5. The van der Waals surface area contributed by atoms with E-state index in [0.29, 0.717) is 25.9 Å². The summed E-state index contributed by atoms with van der Waals surface area (Å²) in [7, 11) is 0. The lowest BCUT2D eigenvalue weighted by Gasteiger charge is -2.20. The molecule has 0 spiro atoms. The van der Waals surface area contributed by atoms with Crippen LogP contribution in [0, 0.1) is 0 Å². The number of hydrogen-bond donors (Lipinski definition) is 2. The van der Waals surface area contributed by atoms with Crippen LogP contribution in [-0.2, 0) is 27.2 Å². The summed E-state index contributed by atoms with van der Waals surface area (Å²) in [4.78, 5) is 25.0. The van der Waals surface area contributed by atoms with Crippen LogP contribution in [0.2, 0.25) is 0 Å². The largest absolute Gasteiger partial charge is 0.374 e. The van der Waals surface area contributed by atoms with Crippen molar-refractivity contribution in [2.45, 2.75) is 38.3 Å². The fourth-order valence-corrected chi connectivity index (χ4v) is 2.81. The molecule has 0 aliphatic carbocycles. The zero-order valence-corrected chi connectivity index (χ0v) is 15.8. The minimum absolute atomic E-state index is 0.00976. The first-order chi connectivity index (χ1) is 13.1. The predicted molar refractivity (Wildman–Crippen MR) is 106 cm³/mol. The second-order valence-corrected chi connectivity index (χ2v) is 6.49. The van der Waals surface area contributed by atoms with Gasteiger partial charge in [0, 0.05) is 6.61 Å². The predicted octanol–water partition coefficient (Wildman–Crippen LogP) is 2.28. The van der Waals surface area contributed by atoms with Gasteiger partial charge in [0.05, 0.1) is 12.1 Å². The average molecular weight is 368 g/mol. The van der Waals surface area contributed by atoms with Crippen molar-refractivity contribution in [1.82, 2.24) is 5.32 Å². The molecular weight excluding hydrogens is 340 g/mol. The molecule has 2 aromatic rings. The summed E-state index contributed by atoms with van der Waals surface area (Å²) < 4.78 is 5.23. The van der Waals surface area contributed by atoms with Gasteiger partial charge in [0.1, 0.15) is 6.61 Å². The molecule has 3 N–H and O–H groups in total. The van der Waals surface area contributed by atoms with Crippen molar-refractivity contribution in [3.63, 3.8) is 0 Å². The molecule has 144 valence electrons. The molecule has 27 heavy (non-hydrogen) atoms. The van der Waals surface area contributed by atoms with Crippen LogP contribution in [0.25, 0.3) is 0 Å². The van der Waals surface area contributed by atoms with Gasteiger partial charge in [0.25, 0.3) is 0 Å². The van der Waals surface area contributed by atoms with Crippen LogP contribution < -0.4 is 11.1 Å². The maximum Gasteiger partial charge on any atom is 0.237 e. The molecule has 5 nitrogen and oxygen atoms in total. The van der Waals surface area contributed by atoms with Gasteiger partial charge in [-0.3, -0.25) is 9.59 Å². The quantitative estimate of drug-likeness (QED) is 0.638. The molecule has 0 fully saturated rings. The highest BCUT2D eigenvalue weighted by Gasteiger charge is 2.23. The number of ether oxygens (including phenoxy) is 1. The Morgan fingerprint density at radius 1 is 1.00 bits per heavy atom. The van der Waals surface area contributed by atoms with Crippen molar-refractivity contribution >= 4 is 11.7 Å². The van der Waals surface area contributed by atoms with E-state index in [1.165, 1.54) is 0 Å². The van der Waals surface area contributed by atoms with Gasteiger partial charge in [-0.25, -0.2) is 0 Å². The second-order valence-electron chi connectivity index (χ2n) is 6.49. The Labute approximate surface area is 160 Å². The SMILES string of the molecule is CCOCC(=O)[C@H](CCc1ccccc1)NC(=O)[C@@H](N)Cc1ccccc1. The normalized spacial score (nSPS) is 13.0. The Morgan fingerprint density at radius 3 is 2.19 bits per heavy atom. The van der Waals surface area contributed by atoms with Crippen LogP contribution in [0.5, 0.6) is 0 Å². The summed E-state index contributed by atoms with van der Waals surface area (Å²) in [6.45, 7) is 2.28. The van der Waals surface area contributed by atoms with Crippen molar-refractivity contribution in [2.75, 3.05) is 13.2 Å².